The van der Waals surface area contributed by atoms with Gasteiger partial charge in [0.15, 0.2) is 0 Å². The first-order valence-electron chi connectivity index (χ1n) is 9.05. The van der Waals surface area contributed by atoms with E-state index in [0.717, 1.165) is 38.1 Å². The second kappa shape index (κ2) is 7.73. The molecule has 2 atom stereocenters. The Morgan fingerprint density at radius 2 is 1.93 bits per heavy atom. The van der Waals surface area contributed by atoms with Crippen LogP contribution in [-0.4, -0.2) is 63.9 Å². The van der Waals surface area contributed by atoms with Gasteiger partial charge in [0.1, 0.15) is 16.5 Å². The van der Waals surface area contributed by atoms with Crippen LogP contribution in [0.15, 0.2) is 23.1 Å². The molecule has 27 heavy (non-hydrogen) atoms. The van der Waals surface area contributed by atoms with Gasteiger partial charge in [0.2, 0.25) is 15.9 Å². The number of halogens is 1. The van der Waals surface area contributed by atoms with E-state index in [-0.39, 0.29) is 35.6 Å². The molecule has 2 heterocycles. The van der Waals surface area contributed by atoms with Crippen LogP contribution in [0.1, 0.15) is 12.8 Å². The van der Waals surface area contributed by atoms with Crippen molar-refractivity contribution in [3.63, 3.8) is 0 Å². The van der Waals surface area contributed by atoms with Crippen LogP contribution in [0.4, 0.5) is 4.39 Å². The molecule has 150 valence electrons. The Balaban J connectivity index is 1.89. The number of primary amides is 1. The van der Waals surface area contributed by atoms with Crippen LogP contribution in [-0.2, 0) is 14.8 Å². The zero-order valence-electron chi connectivity index (χ0n) is 15.6. The highest BCUT2D eigenvalue weighted by atomic mass is 32.2. The van der Waals surface area contributed by atoms with Crippen LogP contribution in [0, 0.1) is 23.6 Å². The number of hydrogen-bond donors (Lipinski definition) is 1. The Morgan fingerprint density at radius 1 is 1.26 bits per heavy atom. The van der Waals surface area contributed by atoms with Gasteiger partial charge < -0.3 is 15.4 Å². The number of nitrogens with zero attached hydrogens (tertiary/aromatic N) is 2. The lowest BCUT2D eigenvalue weighted by Gasteiger charge is -2.34. The number of amides is 1. The number of ether oxygens (including phenoxy) is 1. The highest BCUT2D eigenvalue weighted by Gasteiger charge is 2.46. The lowest BCUT2D eigenvalue weighted by molar-refractivity contribution is -0.123. The summed E-state index contributed by atoms with van der Waals surface area (Å²) >= 11 is 0. The summed E-state index contributed by atoms with van der Waals surface area (Å²) < 4.78 is 46.3. The summed E-state index contributed by atoms with van der Waals surface area (Å²) in [6, 6.07) is 3.39. The van der Waals surface area contributed by atoms with Crippen molar-refractivity contribution in [3.8, 4) is 5.75 Å². The van der Waals surface area contributed by atoms with Gasteiger partial charge in [-0.15, -0.1) is 0 Å². The number of hydrogen-bond acceptors (Lipinski definition) is 5. The molecule has 0 aliphatic carbocycles. The second-order valence-corrected chi connectivity index (χ2v) is 9.34. The zero-order valence-corrected chi connectivity index (χ0v) is 16.4. The Morgan fingerprint density at radius 3 is 2.52 bits per heavy atom. The van der Waals surface area contributed by atoms with Crippen LogP contribution in [0.5, 0.6) is 5.75 Å². The highest BCUT2D eigenvalue weighted by Crippen LogP contribution is 2.39. The van der Waals surface area contributed by atoms with Crippen LogP contribution < -0.4 is 10.5 Å². The summed E-state index contributed by atoms with van der Waals surface area (Å²) in [7, 11) is -0.620. The first kappa shape index (κ1) is 20.0. The molecule has 0 unspecified atom stereocenters. The predicted octanol–water partition coefficient (Wildman–Crippen LogP) is 0.898. The third kappa shape index (κ3) is 3.95. The summed E-state index contributed by atoms with van der Waals surface area (Å²) in [5.41, 5.74) is 5.59. The van der Waals surface area contributed by atoms with Gasteiger partial charge in [0.05, 0.1) is 13.0 Å². The number of carbonyl (C=O) groups excluding carboxylic acids is 1. The van der Waals surface area contributed by atoms with Crippen LogP contribution in [0.25, 0.3) is 0 Å². The van der Waals surface area contributed by atoms with E-state index in [1.807, 2.05) is 7.05 Å². The number of nitrogens with two attached hydrogens (primary N) is 1. The SMILES string of the molecule is COc1ccc(F)cc1S(=O)(=O)N1C[C@@H](C(N)=O)[C@H](C2CCN(C)CC2)C1. The van der Waals surface area contributed by atoms with Crippen molar-refractivity contribution in [2.75, 3.05) is 40.3 Å². The zero-order chi connectivity index (χ0) is 19.8. The summed E-state index contributed by atoms with van der Waals surface area (Å²) in [6.07, 6.45) is 1.81. The fourth-order valence-corrected chi connectivity index (χ4v) is 5.88. The Labute approximate surface area is 159 Å². The highest BCUT2D eigenvalue weighted by molar-refractivity contribution is 7.89. The molecule has 2 fully saturated rings. The van der Waals surface area contributed by atoms with Gasteiger partial charge in [-0.25, -0.2) is 12.8 Å². The van der Waals surface area contributed by atoms with Gasteiger partial charge in [0, 0.05) is 13.1 Å². The quantitative estimate of drug-likeness (QED) is 0.794. The molecule has 3 rings (SSSR count). The van der Waals surface area contributed by atoms with Gasteiger partial charge >= 0.3 is 0 Å². The molecular weight excluding hydrogens is 373 g/mol. The number of methoxy groups -OCH3 is 1. The van der Waals surface area contributed by atoms with Gasteiger partial charge in [-0.05, 0) is 63.0 Å². The van der Waals surface area contributed by atoms with Crippen LogP contribution >= 0.6 is 0 Å². The average Bonchev–Trinajstić information content (AvgIpc) is 3.09. The number of benzene rings is 1. The minimum absolute atomic E-state index is 0.0222. The van der Waals surface area contributed by atoms with Crippen molar-refractivity contribution in [2.45, 2.75) is 17.7 Å². The molecule has 0 spiro atoms. The van der Waals surface area contributed by atoms with E-state index in [9.17, 15) is 17.6 Å². The van der Waals surface area contributed by atoms with Crippen molar-refractivity contribution < 1.29 is 22.3 Å². The molecule has 2 aliphatic rings. The summed E-state index contributed by atoms with van der Waals surface area (Å²) in [5, 5.41) is 0. The van der Waals surface area contributed by atoms with E-state index in [0.29, 0.717) is 0 Å². The van der Waals surface area contributed by atoms with Crippen molar-refractivity contribution in [1.82, 2.24) is 9.21 Å². The second-order valence-electron chi connectivity index (χ2n) is 7.43. The average molecular weight is 399 g/mol. The largest absolute Gasteiger partial charge is 0.495 e. The molecule has 0 radical (unpaired) electrons. The van der Waals surface area contributed by atoms with Crippen molar-refractivity contribution in [2.24, 2.45) is 23.5 Å². The Hall–Kier alpha value is -1.71. The Kier molecular flexibility index (Phi) is 5.73. The standard InChI is InChI=1S/C18H26FN3O4S/c1-21-7-5-12(6-8-21)14-10-22(11-15(14)18(20)23)27(24,25)17-9-13(19)3-4-16(17)26-2/h3-4,9,12,14-15H,5-8,10-11H2,1-2H3,(H2,20,23)/t14-,15+/m0/s1. The van der Waals surface area contributed by atoms with E-state index in [2.05, 4.69) is 4.90 Å². The maximum Gasteiger partial charge on any atom is 0.246 e. The predicted molar refractivity (Wildman–Crippen MR) is 98.1 cm³/mol. The molecule has 2 N–H and O–H groups in total. The normalized spacial score (nSPS) is 25.6. The van der Waals surface area contributed by atoms with E-state index < -0.39 is 27.7 Å². The number of piperidine rings is 1. The van der Waals surface area contributed by atoms with Crippen molar-refractivity contribution >= 4 is 15.9 Å². The molecule has 1 amide bonds. The summed E-state index contributed by atoms with van der Waals surface area (Å²) in [6.45, 7) is 2.06. The van der Waals surface area contributed by atoms with Gasteiger partial charge in [-0.3, -0.25) is 4.79 Å². The molecule has 9 heteroatoms. The molecule has 7 nitrogen and oxygen atoms in total. The molecular formula is C18H26FN3O4S. The van der Waals surface area contributed by atoms with E-state index in [1.54, 1.807) is 0 Å². The third-order valence-electron chi connectivity index (χ3n) is 5.81. The molecule has 2 aliphatic heterocycles. The number of likely N-dealkylation sites (tertiary alicyclic amines) is 1. The lowest BCUT2D eigenvalue weighted by Crippen LogP contribution is -2.38. The van der Waals surface area contributed by atoms with Crippen LogP contribution in [0.3, 0.4) is 0 Å². The van der Waals surface area contributed by atoms with E-state index >= 15 is 0 Å². The number of sulfonamides is 1. The minimum Gasteiger partial charge on any atom is -0.495 e. The maximum atomic E-state index is 13.7. The topological polar surface area (TPSA) is 92.9 Å². The van der Waals surface area contributed by atoms with Gasteiger partial charge in [0.25, 0.3) is 0 Å². The van der Waals surface area contributed by atoms with Gasteiger partial charge in [-0.2, -0.15) is 4.31 Å². The van der Waals surface area contributed by atoms with Crippen LogP contribution in [0.2, 0.25) is 0 Å². The summed E-state index contributed by atoms with van der Waals surface area (Å²) in [5.74, 6) is -1.48. The van der Waals surface area contributed by atoms with E-state index in [1.165, 1.54) is 17.5 Å². The molecule has 1 aromatic rings. The first-order valence-corrected chi connectivity index (χ1v) is 10.5. The molecule has 1 aromatic carbocycles. The fourth-order valence-electron chi connectivity index (χ4n) is 4.21. The molecule has 0 aromatic heterocycles. The molecule has 2 saturated heterocycles. The lowest BCUT2D eigenvalue weighted by atomic mass is 9.78. The molecule has 0 saturated carbocycles. The van der Waals surface area contributed by atoms with E-state index in [4.69, 9.17) is 10.5 Å². The first-order chi connectivity index (χ1) is 12.7. The Bertz CT molecular complexity index is 809. The number of rotatable bonds is 5. The minimum atomic E-state index is -4.00. The van der Waals surface area contributed by atoms with Gasteiger partial charge in [-0.1, -0.05) is 0 Å². The summed E-state index contributed by atoms with van der Waals surface area (Å²) in [4.78, 5) is 14.0. The number of carbonyl (C=O) groups is 1. The smallest absolute Gasteiger partial charge is 0.246 e. The molecule has 0 bridgehead atoms. The monoisotopic (exact) mass is 399 g/mol. The van der Waals surface area contributed by atoms with Crippen molar-refractivity contribution in [1.29, 1.82) is 0 Å². The third-order valence-corrected chi connectivity index (χ3v) is 7.66. The maximum absolute atomic E-state index is 13.7. The van der Waals surface area contributed by atoms with Crippen molar-refractivity contribution in [3.05, 3.63) is 24.0 Å². The fraction of sp³-hybridized carbons (Fsp3) is 0.611.